The average molecular weight is 568 g/mol. The van der Waals surface area contributed by atoms with Gasteiger partial charge in [0.15, 0.2) is 5.96 Å². The quantitative estimate of drug-likeness (QED) is 0.291. The Morgan fingerprint density at radius 2 is 1.78 bits per heavy atom. The molecule has 0 radical (unpaired) electrons. The summed E-state index contributed by atoms with van der Waals surface area (Å²) in [6.07, 6.45) is 1.10. The van der Waals surface area contributed by atoms with Gasteiger partial charge in [-0.25, -0.2) is 4.79 Å². The SMILES string of the molecule is CCNC(=NCC(NC(=O)OC(C)(C)C)C(C)C)N1CCN(C(=O)C2CCCO2)CC1.I. The lowest BCUT2D eigenvalue weighted by Crippen LogP contribution is -2.55. The van der Waals surface area contributed by atoms with E-state index in [1.54, 1.807) is 0 Å². The van der Waals surface area contributed by atoms with Gasteiger partial charge in [0, 0.05) is 39.3 Å². The van der Waals surface area contributed by atoms with E-state index in [0.717, 1.165) is 38.4 Å². The summed E-state index contributed by atoms with van der Waals surface area (Å²) in [7, 11) is 0. The minimum absolute atomic E-state index is 0. The predicted octanol–water partition coefficient (Wildman–Crippen LogP) is 2.44. The van der Waals surface area contributed by atoms with Crippen LogP contribution in [-0.4, -0.2) is 91.4 Å². The molecule has 2 N–H and O–H groups in total. The number of aliphatic imine (C=N–C) groups is 1. The van der Waals surface area contributed by atoms with E-state index in [-0.39, 0.29) is 47.9 Å². The molecule has 0 aromatic heterocycles. The summed E-state index contributed by atoms with van der Waals surface area (Å²) in [5, 5.41) is 6.29. The van der Waals surface area contributed by atoms with Crippen molar-refractivity contribution in [1.82, 2.24) is 20.4 Å². The Balaban J connectivity index is 0.00000512. The van der Waals surface area contributed by atoms with E-state index in [1.807, 2.05) is 32.6 Å². The van der Waals surface area contributed by atoms with Crippen molar-refractivity contribution < 1.29 is 19.1 Å². The largest absolute Gasteiger partial charge is 0.444 e. The molecule has 2 saturated heterocycles. The number of amides is 2. The Bertz CT molecular complexity index is 624. The van der Waals surface area contributed by atoms with Crippen LogP contribution in [0.2, 0.25) is 0 Å². The van der Waals surface area contributed by atoms with Crippen molar-refractivity contribution >= 4 is 41.9 Å². The first-order chi connectivity index (χ1) is 14.6. The van der Waals surface area contributed by atoms with Crippen LogP contribution in [0.3, 0.4) is 0 Å². The Morgan fingerprint density at radius 3 is 2.28 bits per heavy atom. The second-order valence-corrected chi connectivity index (χ2v) is 9.51. The van der Waals surface area contributed by atoms with Crippen molar-refractivity contribution in [3.63, 3.8) is 0 Å². The number of hydrogen-bond donors (Lipinski definition) is 2. The zero-order chi connectivity index (χ0) is 23.0. The minimum atomic E-state index is -0.537. The molecule has 2 rings (SSSR count). The summed E-state index contributed by atoms with van der Waals surface area (Å²) in [6.45, 7) is 16.3. The van der Waals surface area contributed by atoms with Gasteiger partial charge in [0.1, 0.15) is 11.7 Å². The molecule has 2 atom stereocenters. The molecule has 32 heavy (non-hydrogen) atoms. The first kappa shape index (κ1) is 28.7. The second-order valence-electron chi connectivity index (χ2n) is 9.51. The van der Waals surface area contributed by atoms with Crippen molar-refractivity contribution in [1.29, 1.82) is 0 Å². The number of nitrogens with one attached hydrogen (secondary N) is 2. The van der Waals surface area contributed by atoms with Crippen molar-refractivity contribution in [3.8, 4) is 0 Å². The maximum atomic E-state index is 12.6. The van der Waals surface area contributed by atoms with Gasteiger partial charge < -0.3 is 29.9 Å². The molecule has 2 heterocycles. The maximum Gasteiger partial charge on any atom is 0.407 e. The molecule has 0 aromatic carbocycles. The summed E-state index contributed by atoms with van der Waals surface area (Å²) in [4.78, 5) is 33.6. The minimum Gasteiger partial charge on any atom is -0.444 e. The van der Waals surface area contributed by atoms with Crippen LogP contribution in [0.25, 0.3) is 0 Å². The van der Waals surface area contributed by atoms with Gasteiger partial charge in [-0.2, -0.15) is 0 Å². The van der Waals surface area contributed by atoms with E-state index >= 15 is 0 Å². The molecule has 0 aliphatic carbocycles. The van der Waals surface area contributed by atoms with E-state index < -0.39 is 11.7 Å². The molecule has 10 heteroatoms. The van der Waals surface area contributed by atoms with Gasteiger partial charge in [0.05, 0.1) is 12.6 Å². The fraction of sp³-hybridized carbons (Fsp3) is 0.864. The fourth-order valence-corrected chi connectivity index (χ4v) is 3.61. The standard InChI is InChI=1S/C22H41N5O4.HI/c1-7-23-20(24-15-17(16(2)3)25-21(29)31-22(4,5)6)27-12-10-26(11-13-27)19(28)18-9-8-14-30-18;/h16-18H,7-15H2,1-6H3,(H,23,24)(H,25,29);1H. The first-order valence-electron chi connectivity index (χ1n) is 11.5. The highest BCUT2D eigenvalue weighted by Gasteiger charge is 2.31. The summed E-state index contributed by atoms with van der Waals surface area (Å²) in [6, 6.07) is -0.133. The molecule has 2 unspecified atom stereocenters. The molecular weight excluding hydrogens is 525 g/mol. The van der Waals surface area contributed by atoms with Crippen LogP contribution in [0.5, 0.6) is 0 Å². The van der Waals surface area contributed by atoms with Crippen LogP contribution in [0.1, 0.15) is 54.4 Å². The van der Waals surface area contributed by atoms with E-state index in [4.69, 9.17) is 14.5 Å². The number of halogens is 1. The third-order valence-corrected chi connectivity index (χ3v) is 5.38. The summed E-state index contributed by atoms with van der Waals surface area (Å²) >= 11 is 0. The van der Waals surface area contributed by atoms with Crippen LogP contribution >= 0.6 is 24.0 Å². The zero-order valence-electron chi connectivity index (χ0n) is 20.5. The molecule has 9 nitrogen and oxygen atoms in total. The first-order valence-corrected chi connectivity index (χ1v) is 11.5. The number of carbonyl (C=O) groups excluding carboxylic acids is 2. The van der Waals surface area contributed by atoms with E-state index in [0.29, 0.717) is 26.2 Å². The van der Waals surface area contributed by atoms with Crippen LogP contribution < -0.4 is 10.6 Å². The van der Waals surface area contributed by atoms with E-state index in [9.17, 15) is 9.59 Å². The highest BCUT2D eigenvalue weighted by Crippen LogP contribution is 2.16. The number of nitrogens with zero attached hydrogens (tertiary/aromatic N) is 3. The number of piperazine rings is 1. The fourth-order valence-electron chi connectivity index (χ4n) is 3.61. The summed E-state index contributed by atoms with van der Waals surface area (Å²) < 4.78 is 10.9. The number of carbonyl (C=O) groups is 2. The normalized spacial score (nSPS) is 20.6. The van der Waals surface area contributed by atoms with Gasteiger partial charge in [-0.1, -0.05) is 13.8 Å². The number of alkyl carbamates (subject to hydrolysis) is 1. The van der Waals surface area contributed by atoms with Crippen LogP contribution in [0, 0.1) is 5.92 Å². The third kappa shape index (κ3) is 9.29. The maximum absolute atomic E-state index is 12.6. The number of rotatable bonds is 6. The molecule has 2 aliphatic rings. The Kier molecular flexibility index (Phi) is 12.0. The smallest absolute Gasteiger partial charge is 0.407 e. The van der Waals surface area contributed by atoms with E-state index in [2.05, 4.69) is 29.4 Å². The van der Waals surface area contributed by atoms with Crippen molar-refractivity contribution in [2.45, 2.75) is 72.1 Å². The third-order valence-electron chi connectivity index (χ3n) is 5.38. The second kappa shape index (κ2) is 13.4. The Hall–Kier alpha value is -1.30. The van der Waals surface area contributed by atoms with E-state index in [1.165, 1.54) is 0 Å². The van der Waals surface area contributed by atoms with Crippen molar-refractivity contribution in [2.75, 3.05) is 45.9 Å². The highest BCUT2D eigenvalue weighted by molar-refractivity contribution is 14.0. The average Bonchev–Trinajstić information content (AvgIpc) is 3.23. The van der Waals surface area contributed by atoms with Gasteiger partial charge >= 0.3 is 6.09 Å². The molecule has 2 fully saturated rings. The van der Waals surface area contributed by atoms with Crippen LogP contribution in [-0.2, 0) is 14.3 Å². The van der Waals surface area contributed by atoms with Crippen molar-refractivity contribution in [3.05, 3.63) is 0 Å². The topological polar surface area (TPSA) is 95.5 Å². The number of ether oxygens (including phenoxy) is 2. The van der Waals surface area contributed by atoms with Gasteiger partial charge in [-0.3, -0.25) is 9.79 Å². The highest BCUT2D eigenvalue weighted by atomic mass is 127. The van der Waals surface area contributed by atoms with Gasteiger partial charge in [-0.15, -0.1) is 24.0 Å². The van der Waals surface area contributed by atoms with Crippen LogP contribution in [0.4, 0.5) is 4.79 Å². The molecule has 2 amide bonds. The number of guanidine groups is 1. The zero-order valence-corrected chi connectivity index (χ0v) is 22.8. The van der Waals surface area contributed by atoms with Crippen molar-refractivity contribution in [2.24, 2.45) is 10.9 Å². The molecular formula is C22H42IN5O4. The monoisotopic (exact) mass is 567 g/mol. The lowest BCUT2D eigenvalue weighted by Gasteiger charge is -2.37. The predicted molar refractivity (Wildman–Crippen MR) is 137 cm³/mol. The lowest BCUT2D eigenvalue weighted by molar-refractivity contribution is -0.142. The van der Waals surface area contributed by atoms with Gasteiger partial charge in [0.25, 0.3) is 5.91 Å². The van der Waals surface area contributed by atoms with Gasteiger partial charge in [0.2, 0.25) is 0 Å². The molecule has 0 bridgehead atoms. The lowest BCUT2D eigenvalue weighted by atomic mass is 10.1. The molecule has 0 aromatic rings. The summed E-state index contributed by atoms with van der Waals surface area (Å²) in [5.41, 5.74) is -0.537. The summed E-state index contributed by atoms with van der Waals surface area (Å²) in [5.74, 6) is 1.13. The molecule has 186 valence electrons. The molecule has 0 saturated carbocycles. The van der Waals surface area contributed by atoms with Crippen LogP contribution in [0.15, 0.2) is 4.99 Å². The number of hydrogen-bond acceptors (Lipinski definition) is 5. The van der Waals surface area contributed by atoms with Gasteiger partial charge in [-0.05, 0) is 46.5 Å². The molecule has 0 spiro atoms. The Morgan fingerprint density at radius 1 is 1.16 bits per heavy atom. The molecule has 2 aliphatic heterocycles. The Labute approximate surface area is 210 Å².